The molecule has 1 unspecified atom stereocenters. The Labute approximate surface area is 96.0 Å². The summed E-state index contributed by atoms with van der Waals surface area (Å²) < 4.78 is 0. The lowest BCUT2D eigenvalue weighted by Crippen LogP contribution is -2.51. The summed E-state index contributed by atoms with van der Waals surface area (Å²) in [5, 5.41) is 3.94. The van der Waals surface area contributed by atoms with E-state index < -0.39 is 0 Å². The molecule has 2 atom stereocenters. The summed E-state index contributed by atoms with van der Waals surface area (Å²) in [4.78, 5) is 14.2. The zero-order valence-corrected chi connectivity index (χ0v) is 10.2. The highest BCUT2D eigenvalue weighted by molar-refractivity contribution is 7.99. The quantitative estimate of drug-likeness (QED) is 0.729. The Hall–Kier alpha value is -0.220. The summed E-state index contributed by atoms with van der Waals surface area (Å²) in [6, 6.07) is 0.106. The van der Waals surface area contributed by atoms with Gasteiger partial charge in [0.15, 0.2) is 0 Å². The van der Waals surface area contributed by atoms with E-state index in [2.05, 4.69) is 12.2 Å². The first-order chi connectivity index (χ1) is 7.27. The highest BCUT2D eigenvalue weighted by Gasteiger charge is 2.28. The maximum absolute atomic E-state index is 12.2. The molecule has 0 aromatic rings. The predicted octanol–water partition coefficient (Wildman–Crippen LogP) is 1.09. The van der Waals surface area contributed by atoms with Gasteiger partial charge in [0.25, 0.3) is 0 Å². The van der Waals surface area contributed by atoms with E-state index in [0.717, 1.165) is 31.8 Å². The molecular weight excluding hydrogens is 208 g/mol. The number of amides is 1. The Morgan fingerprint density at radius 3 is 3.00 bits per heavy atom. The molecule has 1 amide bonds. The Morgan fingerprint density at radius 2 is 2.33 bits per heavy atom. The molecule has 2 rings (SSSR count). The van der Waals surface area contributed by atoms with Gasteiger partial charge in [-0.15, -0.1) is 0 Å². The van der Waals surface area contributed by atoms with Crippen molar-refractivity contribution in [2.24, 2.45) is 0 Å². The first-order valence-electron chi connectivity index (χ1n) is 5.91. The molecule has 2 fully saturated rings. The smallest absolute Gasteiger partial charge is 0.239 e. The molecule has 4 heteroatoms. The molecule has 0 aromatic carbocycles. The molecular formula is C11H20N2OS. The Balaban J connectivity index is 1.88. The number of hydrogen-bond acceptors (Lipinski definition) is 3. The minimum Gasteiger partial charge on any atom is -0.339 e. The van der Waals surface area contributed by atoms with Crippen molar-refractivity contribution < 1.29 is 4.79 Å². The van der Waals surface area contributed by atoms with Crippen molar-refractivity contribution in [2.75, 3.05) is 25.4 Å². The predicted molar refractivity (Wildman–Crippen MR) is 64.1 cm³/mol. The van der Waals surface area contributed by atoms with Crippen LogP contribution in [-0.4, -0.2) is 47.5 Å². The molecule has 3 nitrogen and oxygen atoms in total. The molecule has 2 heterocycles. The van der Waals surface area contributed by atoms with Gasteiger partial charge in [0.1, 0.15) is 0 Å². The van der Waals surface area contributed by atoms with Crippen molar-refractivity contribution in [2.45, 2.75) is 37.5 Å². The number of piperidine rings is 1. The molecule has 0 aromatic heterocycles. The molecule has 2 aliphatic heterocycles. The van der Waals surface area contributed by atoms with Gasteiger partial charge in [-0.25, -0.2) is 0 Å². The zero-order chi connectivity index (χ0) is 10.7. The Morgan fingerprint density at radius 1 is 1.47 bits per heavy atom. The minimum absolute atomic E-state index is 0.106. The van der Waals surface area contributed by atoms with Crippen LogP contribution in [0.2, 0.25) is 0 Å². The topological polar surface area (TPSA) is 32.3 Å². The van der Waals surface area contributed by atoms with Crippen LogP contribution in [-0.2, 0) is 4.79 Å². The third-order valence-electron chi connectivity index (χ3n) is 3.16. The average molecular weight is 228 g/mol. The van der Waals surface area contributed by atoms with Crippen molar-refractivity contribution >= 4 is 17.7 Å². The Bertz CT molecular complexity index is 229. The van der Waals surface area contributed by atoms with E-state index in [0.29, 0.717) is 11.2 Å². The van der Waals surface area contributed by atoms with Crippen LogP contribution in [0.25, 0.3) is 0 Å². The van der Waals surface area contributed by atoms with Gasteiger partial charge >= 0.3 is 0 Å². The number of nitrogens with one attached hydrogen (secondary N) is 1. The van der Waals surface area contributed by atoms with Gasteiger partial charge in [-0.3, -0.25) is 4.79 Å². The van der Waals surface area contributed by atoms with Crippen molar-refractivity contribution in [1.29, 1.82) is 0 Å². The van der Waals surface area contributed by atoms with E-state index >= 15 is 0 Å². The maximum atomic E-state index is 12.2. The summed E-state index contributed by atoms with van der Waals surface area (Å²) in [7, 11) is 0. The van der Waals surface area contributed by atoms with Crippen LogP contribution in [0.3, 0.4) is 0 Å². The molecule has 15 heavy (non-hydrogen) atoms. The lowest BCUT2D eigenvalue weighted by molar-refractivity contribution is -0.133. The SMILES string of the molecule is CC1CN(C(=O)[C@@H]2CCCCN2)CCS1. The fourth-order valence-corrected chi connectivity index (χ4v) is 3.32. The maximum Gasteiger partial charge on any atom is 0.239 e. The van der Waals surface area contributed by atoms with E-state index in [-0.39, 0.29) is 6.04 Å². The fourth-order valence-electron chi connectivity index (χ4n) is 2.30. The van der Waals surface area contributed by atoms with Crippen LogP contribution in [0.15, 0.2) is 0 Å². The minimum atomic E-state index is 0.106. The van der Waals surface area contributed by atoms with Gasteiger partial charge in [0.2, 0.25) is 5.91 Å². The van der Waals surface area contributed by atoms with Gasteiger partial charge in [-0.1, -0.05) is 13.3 Å². The van der Waals surface area contributed by atoms with Gasteiger partial charge in [-0.05, 0) is 19.4 Å². The molecule has 0 spiro atoms. The fraction of sp³-hybridized carbons (Fsp3) is 0.909. The van der Waals surface area contributed by atoms with Crippen LogP contribution in [0, 0.1) is 0 Å². The van der Waals surface area contributed by atoms with E-state index in [1.165, 1.54) is 12.8 Å². The van der Waals surface area contributed by atoms with Crippen molar-refractivity contribution in [3.63, 3.8) is 0 Å². The van der Waals surface area contributed by atoms with E-state index in [4.69, 9.17) is 0 Å². The first kappa shape index (κ1) is 11.3. The molecule has 2 aliphatic rings. The normalized spacial score (nSPS) is 32.7. The van der Waals surface area contributed by atoms with E-state index in [9.17, 15) is 4.79 Å². The highest BCUT2D eigenvalue weighted by Crippen LogP contribution is 2.19. The number of rotatable bonds is 1. The lowest BCUT2D eigenvalue weighted by Gasteiger charge is -2.34. The number of thioether (sulfide) groups is 1. The van der Waals surface area contributed by atoms with E-state index in [1.807, 2.05) is 16.7 Å². The van der Waals surface area contributed by atoms with Crippen LogP contribution >= 0.6 is 11.8 Å². The summed E-state index contributed by atoms with van der Waals surface area (Å²) in [5.41, 5.74) is 0. The number of nitrogens with zero attached hydrogens (tertiary/aromatic N) is 1. The van der Waals surface area contributed by atoms with Gasteiger partial charge in [-0.2, -0.15) is 11.8 Å². The first-order valence-corrected chi connectivity index (χ1v) is 6.96. The standard InChI is InChI=1S/C11H20N2OS/c1-9-8-13(6-7-15-9)11(14)10-4-2-3-5-12-10/h9-10,12H,2-8H2,1H3/t9?,10-/m0/s1. The molecule has 1 N–H and O–H groups in total. The van der Waals surface area contributed by atoms with Crippen LogP contribution < -0.4 is 5.32 Å². The third-order valence-corrected chi connectivity index (χ3v) is 4.30. The highest BCUT2D eigenvalue weighted by atomic mass is 32.2. The number of hydrogen-bond donors (Lipinski definition) is 1. The largest absolute Gasteiger partial charge is 0.339 e. The van der Waals surface area contributed by atoms with Crippen LogP contribution in [0.1, 0.15) is 26.2 Å². The monoisotopic (exact) mass is 228 g/mol. The second-order valence-corrected chi connectivity index (χ2v) is 6.01. The molecule has 0 bridgehead atoms. The van der Waals surface area contributed by atoms with Crippen LogP contribution in [0.4, 0.5) is 0 Å². The number of carbonyl (C=O) groups excluding carboxylic acids is 1. The van der Waals surface area contributed by atoms with Gasteiger partial charge in [0, 0.05) is 24.1 Å². The van der Waals surface area contributed by atoms with Crippen molar-refractivity contribution in [3.05, 3.63) is 0 Å². The molecule has 86 valence electrons. The van der Waals surface area contributed by atoms with Crippen molar-refractivity contribution in [1.82, 2.24) is 10.2 Å². The molecule has 0 radical (unpaired) electrons. The molecule has 2 saturated heterocycles. The second kappa shape index (κ2) is 5.21. The molecule has 0 saturated carbocycles. The lowest BCUT2D eigenvalue weighted by atomic mass is 10.0. The summed E-state index contributed by atoms with van der Waals surface area (Å²) >= 11 is 1.97. The molecule has 0 aliphatic carbocycles. The van der Waals surface area contributed by atoms with E-state index in [1.54, 1.807) is 0 Å². The zero-order valence-electron chi connectivity index (χ0n) is 9.37. The Kier molecular flexibility index (Phi) is 3.92. The van der Waals surface area contributed by atoms with Gasteiger partial charge < -0.3 is 10.2 Å². The van der Waals surface area contributed by atoms with Gasteiger partial charge in [0.05, 0.1) is 6.04 Å². The average Bonchev–Trinajstić information content (AvgIpc) is 2.29. The van der Waals surface area contributed by atoms with Crippen LogP contribution in [0.5, 0.6) is 0 Å². The number of carbonyl (C=O) groups is 1. The third kappa shape index (κ3) is 2.88. The summed E-state index contributed by atoms with van der Waals surface area (Å²) in [5.74, 6) is 1.43. The summed E-state index contributed by atoms with van der Waals surface area (Å²) in [6.07, 6.45) is 3.44. The second-order valence-electron chi connectivity index (χ2n) is 4.47. The summed E-state index contributed by atoms with van der Waals surface area (Å²) in [6.45, 7) is 5.08. The van der Waals surface area contributed by atoms with Crippen molar-refractivity contribution in [3.8, 4) is 0 Å².